The summed E-state index contributed by atoms with van der Waals surface area (Å²) in [5.74, 6) is 0.0313. The molecule has 17 heavy (non-hydrogen) atoms. The number of ether oxygens (including phenoxy) is 1. The summed E-state index contributed by atoms with van der Waals surface area (Å²) in [6.07, 6.45) is 1.50. The lowest BCUT2D eigenvalue weighted by atomic mass is 10.0. The van der Waals surface area contributed by atoms with Crippen molar-refractivity contribution in [3.05, 3.63) is 5.89 Å². The molecule has 1 heterocycles. The highest BCUT2D eigenvalue weighted by Crippen LogP contribution is 2.22. The van der Waals surface area contributed by atoms with Gasteiger partial charge in [-0.3, -0.25) is 4.79 Å². The molecule has 0 saturated heterocycles. The van der Waals surface area contributed by atoms with Gasteiger partial charge in [0.05, 0.1) is 6.61 Å². The number of carbonyl (C=O) groups excluding carboxylic acids is 1. The first-order chi connectivity index (χ1) is 8.10. The smallest absolute Gasteiger partial charge is 0.318 e. The van der Waals surface area contributed by atoms with Gasteiger partial charge >= 0.3 is 5.97 Å². The summed E-state index contributed by atoms with van der Waals surface area (Å²) < 4.78 is 10.1. The molecule has 0 spiro atoms. The van der Waals surface area contributed by atoms with Gasteiger partial charge in [0.25, 0.3) is 5.95 Å². The van der Waals surface area contributed by atoms with Gasteiger partial charge in [-0.2, -0.15) is 4.98 Å². The highest BCUT2D eigenvalue weighted by Gasteiger charge is 2.27. The number of carbonyl (C=O) groups is 1. The van der Waals surface area contributed by atoms with Gasteiger partial charge in [-0.1, -0.05) is 13.3 Å². The van der Waals surface area contributed by atoms with Crippen LogP contribution in [-0.4, -0.2) is 36.8 Å². The molecule has 0 aliphatic rings. The normalized spacial score (nSPS) is 12.2. The molecule has 0 aliphatic heterocycles. The molecule has 0 saturated carbocycles. The van der Waals surface area contributed by atoms with Gasteiger partial charge in [0.1, 0.15) is 5.92 Å². The van der Waals surface area contributed by atoms with E-state index in [4.69, 9.17) is 9.26 Å². The molecule has 0 fully saturated rings. The van der Waals surface area contributed by atoms with Crippen molar-refractivity contribution in [3.63, 3.8) is 0 Å². The molecule has 1 unspecified atom stereocenters. The SMILES string of the molecule is CCCC(C(=O)OCC)c1nc(N(C)C)no1. The Morgan fingerprint density at radius 1 is 1.47 bits per heavy atom. The summed E-state index contributed by atoms with van der Waals surface area (Å²) in [7, 11) is 3.63. The summed E-state index contributed by atoms with van der Waals surface area (Å²) >= 11 is 0. The zero-order valence-corrected chi connectivity index (χ0v) is 10.8. The second-order valence-electron chi connectivity index (χ2n) is 3.92. The second-order valence-corrected chi connectivity index (χ2v) is 3.92. The van der Waals surface area contributed by atoms with Crippen LogP contribution in [0.2, 0.25) is 0 Å². The van der Waals surface area contributed by atoms with E-state index < -0.39 is 5.92 Å². The van der Waals surface area contributed by atoms with Crippen LogP contribution in [0, 0.1) is 0 Å². The van der Waals surface area contributed by atoms with E-state index in [2.05, 4.69) is 10.1 Å². The third-order valence-electron chi connectivity index (χ3n) is 2.28. The van der Waals surface area contributed by atoms with Crippen LogP contribution < -0.4 is 4.90 Å². The molecule has 0 bridgehead atoms. The second kappa shape index (κ2) is 6.22. The lowest BCUT2D eigenvalue weighted by molar-refractivity contribution is -0.145. The molecule has 6 nitrogen and oxygen atoms in total. The standard InChI is InChI=1S/C11H19N3O3/c1-5-7-8(10(15)16-6-2)9-12-11(13-17-9)14(3)4/h8H,5-7H2,1-4H3. The van der Waals surface area contributed by atoms with Gasteiger partial charge in [-0.15, -0.1) is 0 Å². The first-order valence-electron chi connectivity index (χ1n) is 5.77. The molecular formula is C11H19N3O3. The Labute approximate surface area is 101 Å². The zero-order valence-electron chi connectivity index (χ0n) is 10.8. The monoisotopic (exact) mass is 241 g/mol. The topological polar surface area (TPSA) is 68.5 Å². The Morgan fingerprint density at radius 3 is 2.65 bits per heavy atom. The Hall–Kier alpha value is -1.59. The summed E-state index contributed by atoms with van der Waals surface area (Å²) in [4.78, 5) is 17.7. The zero-order chi connectivity index (χ0) is 12.8. The summed E-state index contributed by atoms with van der Waals surface area (Å²) in [6.45, 7) is 4.13. The molecule has 0 N–H and O–H groups in total. The van der Waals surface area contributed by atoms with Gasteiger partial charge in [0.2, 0.25) is 5.89 Å². The predicted molar refractivity (Wildman–Crippen MR) is 62.9 cm³/mol. The molecule has 96 valence electrons. The van der Waals surface area contributed by atoms with Crippen molar-refractivity contribution in [1.29, 1.82) is 0 Å². The van der Waals surface area contributed by atoms with Gasteiger partial charge in [-0.25, -0.2) is 0 Å². The number of hydrogen-bond donors (Lipinski definition) is 0. The Balaban J connectivity index is 2.85. The fourth-order valence-electron chi connectivity index (χ4n) is 1.42. The molecule has 1 rings (SSSR count). The van der Waals surface area contributed by atoms with E-state index in [1.165, 1.54) is 0 Å². The van der Waals surface area contributed by atoms with E-state index in [0.717, 1.165) is 6.42 Å². The molecule has 0 aliphatic carbocycles. The summed E-state index contributed by atoms with van der Waals surface area (Å²) in [6, 6.07) is 0. The van der Waals surface area contributed by atoms with Gasteiger partial charge < -0.3 is 14.2 Å². The first kappa shape index (κ1) is 13.5. The number of rotatable bonds is 6. The van der Waals surface area contributed by atoms with Crippen molar-refractivity contribution >= 4 is 11.9 Å². The minimum absolute atomic E-state index is 0.302. The maximum atomic E-state index is 11.7. The lowest BCUT2D eigenvalue weighted by Gasteiger charge is -2.10. The number of hydrogen-bond acceptors (Lipinski definition) is 6. The number of nitrogens with zero attached hydrogens (tertiary/aromatic N) is 3. The average Bonchev–Trinajstić information content (AvgIpc) is 2.75. The molecule has 1 aromatic heterocycles. The predicted octanol–water partition coefficient (Wildman–Crippen LogP) is 1.58. The first-order valence-corrected chi connectivity index (χ1v) is 5.77. The fraction of sp³-hybridized carbons (Fsp3) is 0.727. The number of aromatic nitrogens is 2. The number of anilines is 1. The van der Waals surface area contributed by atoms with Crippen LogP contribution in [0.3, 0.4) is 0 Å². The molecule has 0 aromatic carbocycles. The molecule has 1 aromatic rings. The van der Waals surface area contributed by atoms with Crippen LogP contribution in [-0.2, 0) is 9.53 Å². The van der Waals surface area contributed by atoms with Crippen molar-refractivity contribution in [2.75, 3.05) is 25.6 Å². The molecule has 0 radical (unpaired) electrons. The molecule has 6 heteroatoms. The molecular weight excluding hydrogens is 222 g/mol. The van der Waals surface area contributed by atoms with Crippen LogP contribution in [0.15, 0.2) is 4.52 Å². The highest BCUT2D eigenvalue weighted by atomic mass is 16.5. The number of esters is 1. The van der Waals surface area contributed by atoms with E-state index in [1.54, 1.807) is 11.8 Å². The maximum Gasteiger partial charge on any atom is 0.318 e. The minimum atomic E-state index is -0.457. The van der Waals surface area contributed by atoms with Gasteiger partial charge in [-0.05, 0) is 18.5 Å². The van der Waals surface area contributed by atoms with E-state index in [0.29, 0.717) is 24.9 Å². The summed E-state index contributed by atoms with van der Waals surface area (Å²) in [5.41, 5.74) is 0. The van der Waals surface area contributed by atoms with E-state index in [9.17, 15) is 4.79 Å². The van der Waals surface area contributed by atoms with Crippen LogP contribution in [0.5, 0.6) is 0 Å². The Morgan fingerprint density at radius 2 is 2.18 bits per heavy atom. The lowest BCUT2D eigenvalue weighted by Crippen LogP contribution is -2.17. The van der Waals surface area contributed by atoms with Crippen molar-refractivity contribution in [2.24, 2.45) is 0 Å². The third-order valence-corrected chi connectivity index (χ3v) is 2.28. The van der Waals surface area contributed by atoms with E-state index in [1.807, 2.05) is 21.0 Å². The van der Waals surface area contributed by atoms with Gasteiger partial charge in [0, 0.05) is 14.1 Å². The van der Waals surface area contributed by atoms with Gasteiger partial charge in [0.15, 0.2) is 0 Å². The highest BCUT2D eigenvalue weighted by molar-refractivity contribution is 5.76. The average molecular weight is 241 g/mol. The maximum absolute atomic E-state index is 11.7. The third kappa shape index (κ3) is 3.44. The minimum Gasteiger partial charge on any atom is -0.465 e. The van der Waals surface area contributed by atoms with E-state index >= 15 is 0 Å². The van der Waals surface area contributed by atoms with E-state index in [-0.39, 0.29) is 5.97 Å². The van der Waals surface area contributed by atoms with Crippen LogP contribution in [0.1, 0.15) is 38.5 Å². The summed E-state index contributed by atoms with van der Waals surface area (Å²) in [5, 5.41) is 3.79. The van der Waals surface area contributed by atoms with Crippen LogP contribution in [0.25, 0.3) is 0 Å². The van der Waals surface area contributed by atoms with Crippen LogP contribution >= 0.6 is 0 Å². The van der Waals surface area contributed by atoms with Crippen molar-refractivity contribution < 1.29 is 14.1 Å². The van der Waals surface area contributed by atoms with Crippen molar-refractivity contribution in [1.82, 2.24) is 10.1 Å². The quantitative estimate of drug-likeness (QED) is 0.704. The largest absolute Gasteiger partial charge is 0.465 e. The van der Waals surface area contributed by atoms with Crippen molar-refractivity contribution in [3.8, 4) is 0 Å². The Kier molecular flexibility index (Phi) is 4.93. The Bertz CT molecular complexity index is 363. The van der Waals surface area contributed by atoms with Crippen molar-refractivity contribution in [2.45, 2.75) is 32.6 Å². The fourth-order valence-corrected chi connectivity index (χ4v) is 1.42. The molecule has 0 amide bonds. The molecule has 1 atom stereocenters. The van der Waals surface area contributed by atoms with Crippen LogP contribution in [0.4, 0.5) is 5.95 Å².